The molecule has 2 aromatic rings. The molecule has 0 aliphatic carbocycles. The van der Waals surface area contributed by atoms with Gasteiger partial charge in [-0.25, -0.2) is 0 Å². The molecule has 0 bridgehead atoms. The van der Waals surface area contributed by atoms with Crippen molar-refractivity contribution in [1.29, 1.82) is 0 Å². The SMILES string of the molecule is Cc1cc(CCCC(=O)NCC(C)(O)c2cnn(C)c2)c(C)s1. The van der Waals surface area contributed by atoms with Crippen molar-refractivity contribution in [3.8, 4) is 0 Å². The van der Waals surface area contributed by atoms with Gasteiger partial charge in [0.2, 0.25) is 5.91 Å². The molecule has 2 heterocycles. The maximum Gasteiger partial charge on any atom is 0.220 e. The Morgan fingerprint density at radius 3 is 2.78 bits per heavy atom. The zero-order valence-electron chi connectivity index (χ0n) is 14.2. The van der Waals surface area contributed by atoms with Gasteiger partial charge in [0.05, 0.1) is 12.7 Å². The van der Waals surface area contributed by atoms with Gasteiger partial charge < -0.3 is 10.4 Å². The lowest BCUT2D eigenvalue weighted by atomic mass is 9.99. The molecule has 0 saturated carbocycles. The third-order valence-electron chi connectivity index (χ3n) is 3.95. The van der Waals surface area contributed by atoms with E-state index in [2.05, 4.69) is 30.3 Å². The summed E-state index contributed by atoms with van der Waals surface area (Å²) in [6, 6.07) is 2.20. The Bertz CT molecular complexity index is 673. The first-order valence-corrected chi connectivity index (χ1v) is 8.64. The van der Waals surface area contributed by atoms with Crippen LogP contribution in [0.2, 0.25) is 0 Å². The molecule has 2 N–H and O–H groups in total. The Morgan fingerprint density at radius 2 is 2.22 bits per heavy atom. The number of aliphatic hydroxyl groups is 1. The molecule has 1 atom stereocenters. The number of hydrogen-bond acceptors (Lipinski definition) is 4. The predicted octanol–water partition coefficient (Wildman–Crippen LogP) is 2.45. The lowest BCUT2D eigenvalue weighted by molar-refractivity contribution is -0.122. The van der Waals surface area contributed by atoms with E-state index in [1.807, 2.05) is 0 Å². The van der Waals surface area contributed by atoms with Gasteiger partial charge in [-0.2, -0.15) is 5.10 Å². The van der Waals surface area contributed by atoms with Crippen LogP contribution in [0, 0.1) is 13.8 Å². The van der Waals surface area contributed by atoms with Crippen molar-refractivity contribution in [2.45, 2.75) is 45.6 Å². The summed E-state index contributed by atoms with van der Waals surface area (Å²) in [4.78, 5) is 14.6. The lowest BCUT2D eigenvalue weighted by Crippen LogP contribution is -2.38. The topological polar surface area (TPSA) is 67.2 Å². The monoisotopic (exact) mass is 335 g/mol. The quantitative estimate of drug-likeness (QED) is 0.817. The first-order valence-electron chi connectivity index (χ1n) is 7.82. The molecular formula is C17H25N3O2S. The fourth-order valence-corrected chi connectivity index (χ4v) is 3.51. The van der Waals surface area contributed by atoms with E-state index in [9.17, 15) is 9.90 Å². The number of aryl methyl sites for hydroxylation is 4. The van der Waals surface area contributed by atoms with Crippen molar-refractivity contribution in [1.82, 2.24) is 15.1 Å². The Kier molecular flexibility index (Phi) is 5.59. The van der Waals surface area contributed by atoms with Crippen LogP contribution in [0.15, 0.2) is 18.5 Å². The van der Waals surface area contributed by atoms with Crippen LogP contribution in [0.5, 0.6) is 0 Å². The second kappa shape index (κ2) is 7.27. The minimum Gasteiger partial charge on any atom is -0.383 e. The van der Waals surface area contributed by atoms with Gasteiger partial charge in [0, 0.05) is 35.0 Å². The van der Waals surface area contributed by atoms with Crippen LogP contribution in [0.25, 0.3) is 0 Å². The van der Waals surface area contributed by atoms with Crippen molar-refractivity contribution in [2.24, 2.45) is 7.05 Å². The number of carbonyl (C=O) groups excluding carboxylic acids is 1. The predicted molar refractivity (Wildman–Crippen MR) is 92.5 cm³/mol. The van der Waals surface area contributed by atoms with Gasteiger partial charge in [0.15, 0.2) is 0 Å². The summed E-state index contributed by atoms with van der Waals surface area (Å²) in [5.41, 5.74) is 0.928. The molecule has 2 aromatic heterocycles. The van der Waals surface area contributed by atoms with Crippen molar-refractivity contribution in [2.75, 3.05) is 6.54 Å². The van der Waals surface area contributed by atoms with Gasteiger partial charge in [0.25, 0.3) is 0 Å². The van der Waals surface area contributed by atoms with Crippen molar-refractivity contribution in [3.63, 3.8) is 0 Å². The summed E-state index contributed by atoms with van der Waals surface area (Å²) < 4.78 is 1.64. The molecule has 0 saturated heterocycles. The summed E-state index contributed by atoms with van der Waals surface area (Å²) in [7, 11) is 1.80. The van der Waals surface area contributed by atoms with Gasteiger partial charge in [-0.15, -0.1) is 11.3 Å². The molecule has 1 amide bonds. The van der Waals surface area contributed by atoms with Gasteiger partial charge in [-0.05, 0) is 45.2 Å². The van der Waals surface area contributed by atoms with Crippen LogP contribution in [-0.2, 0) is 23.9 Å². The zero-order valence-corrected chi connectivity index (χ0v) is 15.0. The summed E-state index contributed by atoms with van der Waals surface area (Å²) in [5, 5.41) is 17.3. The largest absolute Gasteiger partial charge is 0.383 e. The Labute approximate surface area is 141 Å². The van der Waals surface area contributed by atoms with Gasteiger partial charge in [0.1, 0.15) is 5.60 Å². The standard InChI is InChI=1S/C17H25N3O2S/c1-12-8-14(13(2)23-12)6-5-7-16(21)18-11-17(3,22)15-9-19-20(4)10-15/h8-10,22H,5-7,11H2,1-4H3,(H,18,21). The van der Waals surface area contributed by atoms with Crippen LogP contribution < -0.4 is 5.32 Å². The average Bonchev–Trinajstić information content (AvgIpc) is 3.03. The van der Waals surface area contributed by atoms with E-state index < -0.39 is 5.60 Å². The molecule has 0 aliphatic heterocycles. The molecule has 6 heteroatoms. The van der Waals surface area contributed by atoms with Gasteiger partial charge in [-0.3, -0.25) is 9.48 Å². The Hall–Kier alpha value is -1.66. The van der Waals surface area contributed by atoms with E-state index in [4.69, 9.17) is 0 Å². The maximum atomic E-state index is 12.0. The summed E-state index contributed by atoms with van der Waals surface area (Å²) in [6.45, 7) is 6.10. The van der Waals surface area contributed by atoms with Crippen molar-refractivity contribution < 1.29 is 9.90 Å². The van der Waals surface area contributed by atoms with Crippen molar-refractivity contribution >= 4 is 17.2 Å². The van der Waals surface area contributed by atoms with E-state index >= 15 is 0 Å². The number of carbonyl (C=O) groups is 1. The number of aromatic nitrogens is 2. The summed E-state index contributed by atoms with van der Waals surface area (Å²) in [5.74, 6) is -0.0289. The van der Waals surface area contributed by atoms with Crippen LogP contribution >= 0.6 is 11.3 Å². The molecule has 0 radical (unpaired) electrons. The van der Waals surface area contributed by atoms with E-state index in [0.717, 1.165) is 12.8 Å². The number of hydrogen-bond donors (Lipinski definition) is 2. The van der Waals surface area contributed by atoms with Gasteiger partial charge in [-0.1, -0.05) is 0 Å². The molecule has 2 rings (SSSR count). The molecule has 0 aromatic carbocycles. The maximum absolute atomic E-state index is 12.0. The van der Waals surface area contributed by atoms with E-state index in [1.54, 1.807) is 42.4 Å². The molecule has 1 unspecified atom stereocenters. The normalized spacial score (nSPS) is 13.8. The fraction of sp³-hybridized carbons (Fsp3) is 0.529. The molecule has 126 valence electrons. The Morgan fingerprint density at radius 1 is 1.48 bits per heavy atom. The number of rotatable bonds is 7. The third-order valence-corrected chi connectivity index (χ3v) is 4.96. The van der Waals surface area contributed by atoms with E-state index in [-0.39, 0.29) is 12.5 Å². The molecule has 0 spiro atoms. The number of nitrogens with zero attached hydrogens (tertiary/aromatic N) is 2. The zero-order chi connectivity index (χ0) is 17.0. The molecule has 23 heavy (non-hydrogen) atoms. The smallest absolute Gasteiger partial charge is 0.220 e. The van der Waals surface area contributed by atoms with Crippen LogP contribution in [0.4, 0.5) is 0 Å². The van der Waals surface area contributed by atoms with Crippen LogP contribution in [0.1, 0.15) is 40.6 Å². The van der Waals surface area contributed by atoms with Gasteiger partial charge >= 0.3 is 0 Å². The number of nitrogens with one attached hydrogen (secondary N) is 1. The van der Waals surface area contributed by atoms with Crippen LogP contribution in [0.3, 0.4) is 0 Å². The molecule has 5 nitrogen and oxygen atoms in total. The molecular weight excluding hydrogens is 310 g/mol. The summed E-state index contributed by atoms with van der Waals surface area (Å²) in [6.07, 6.45) is 5.58. The highest BCUT2D eigenvalue weighted by Gasteiger charge is 2.25. The van der Waals surface area contributed by atoms with Crippen LogP contribution in [-0.4, -0.2) is 27.3 Å². The highest BCUT2D eigenvalue weighted by atomic mass is 32.1. The lowest BCUT2D eigenvalue weighted by Gasteiger charge is -2.22. The molecule has 0 fully saturated rings. The number of thiophene rings is 1. The minimum absolute atomic E-state index is 0.0289. The van der Waals surface area contributed by atoms with E-state index in [1.165, 1.54) is 15.3 Å². The average molecular weight is 335 g/mol. The second-order valence-electron chi connectivity index (χ2n) is 6.25. The number of amides is 1. The minimum atomic E-state index is -1.11. The molecule has 0 aliphatic rings. The first-order chi connectivity index (χ1) is 10.8. The van der Waals surface area contributed by atoms with E-state index in [0.29, 0.717) is 12.0 Å². The third kappa shape index (κ3) is 4.91. The Balaban J connectivity index is 1.75. The fourth-order valence-electron chi connectivity index (χ4n) is 2.53. The summed E-state index contributed by atoms with van der Waals surface area (Å²) >= 11 is 1.80. The van der Waals surface area contributed by atoms with Crippen molar-refractivity contribution in [3.05, 3.63) is 39.3 Å². The highest BCUT2D eigenvalue weighted by molar-refractivity contribution is 7.12. The highest BCUT2D eigenvalue weighted by Crippen LogP contribution is 2.22. The second-order valence-corrected chi connectivity index (χ2v) is 7.71. The first kappa shape index (κ1) is 17.7.